The molecule has 0 radical (unpaired) electrons. The number of hydrogen-bond donors (Lipinski definition) is 3. The van der Waals surface area contributed by atoms with Crippen LogP contribution in [0.15, 0.2) is 0 Å². The third kappa shape index (κ3) is 44.6. The van der Waals surface area contributed by atoms with Crippen LogP contribution in [0.25, 0.3) is 0 Å². The van der Waals surface area contributed by atoms with E-state index < -0.39 is 20.8 Å². The van der Waals surface area contributed by atoms with Crippen LogP contribution in [-0.2, 0) is 25.0 Å². The minimum atomic E-state index is -4.67. The molecule has 8 nitrogen and oxygen atoms in total. The summed E-state index contributed by atoms with van der Waals surface area (Å²) in [4.78, 5) is 0. The summed E-state index contributed by atoms with van der Waals surface area (Å²) in [5.41, 5.74) is 0. The topological polar surface area (TPSA) is 138 Å². The van der Waals surface area contributed by atoms with Crippen LogP contribution in [0.5, 0.6) is 0 Å². The normalized spacial score (nSPS) is 11.8. The van der Waals surface area contributed by atoms with Crippen LogP contribution in [0.1, 0.15) is 0 Å². The summed E-state index contributed by atoms with van der Waals surface area (Å²) in [7, 11) is -8.83. The Bertz CT molecular complexity index is 293. The van der Waals surface area contributed by atoms with Crippen molar-refractivity contribution in [3.8, 4) is 0 Å². The molecule has 0 fully saturated rings. The zero-order chi connectivity index (χ0) is 11.1. The van der Waals surface area contributed by atoms with Crippen molar-refractivity contribution >= 4 is 48.7 Å². The van der Waals surface area contributed by atoms with Gasteiger partial charge in [0.25, 0.3) is 0 Å². The average Bonchev–Trinajstić information content (AvgIpc) is 1.77. The van der Waals surface area contributed by atoms with Crippen molar-refractivity contribution in [3.63, 3.8) is 0 Å². The molecular weight excluding hydrogens is 239 g/mol. The Balaban J connectivity index is 0. The van der Waals surface area contributed by atoms with E-state index in [1.807, 2.05) is 0 Å². The van der Waals surface area contributed by atoms with E-state index in [1.165, 1.54) is 0 Å². The summed E-state index contributed by atoms with van der Waals surface area (Å²) in [6.07, 6.45) is 0. The second-order valence-corrected chi connectivity index (χ2v) is 4.68. The monoisotopic (exact) mass is 246 g/mol. The van der Waals surface area contributed by atoms with Gasteiger partial charge in [0.1, 0.15) is 0 Å². The first-order valence-corrected chi connectivity index (χ1v) is 7.05. The molecule has 0 aliphatic heterocycles. The zero-order valence-electron chi connectivity index (χ0n) is 6.61. The summed E-state index contributed by atoms with van der Waals surface area (Å²) in [5, 5.41) is 0. The molecule has 0 saturated heterocycles. The summed E-state index contributed by atoms with van der Waals surface area (Å²) in [6.45, 7) is 0.102. The maximum absolute atomic E-state index is 9.74. The van der Waals surface area contributed by atoms with Crippen molar-refractivity contribution in [3.05, 3.63) is 0 Å². The summed E-state index contributed by atoms with van der Waals surface area (Å²) in [5.74, 6) is 0. The van der Waals surface area contributed by atoms with Crippen molar-refractivity contribution in [1.29, 1.82) is 0 Å². The Morgan fingerprint density at radius 2 is 1.38 bits per heavy atom. The molecule has 0 aromatic heterocycles. The molecule has 0 heterocycles. The molecule has 0 atom stereocenters. The van der Waals surface area contributed by atoms with Gasteiger partial charge < -0.3 is 0 Å². The Morgan fingerprint density at radius 3 is 1.46 bits per heavy atom. The Morgan fingerprint density at radius 1 is 1.08 bits per heavy atom. The molecule has 11 heteroatoms. The van der Waals surface area contributed by atoms with Crippen LogP contribution in [0, 0.1) is 0 Å². The first-order valence-electron chi connectivity index (χ1n) is 2.88. The predicted molar refractivity (Wildman–Crippen MR) is 42.2 cm³/mol. The van der Waals surface area contributed by atoms with Gasteiger partial charge in [-0.25, -0.2) is 0 Å². The zero-order valence-corrected chi connectivity index (χ0v) is 10.2. The van der Waals surface area contributed by atoms with Gasteiger partial charge >= 0.3 is 76.2 Å². The van der Waals surface area contributed by atoms with Gasteiger partial charge in [-0.15, -0.1) is 0 Å². The molecule has 0 aliphatic rings. The van der Waals surface area contributed by atoms with E-state index >= 15 is 0 Å². The molecule has 0 aromatic rings. The molecule has 3 N–H and O–H groups in total. The molecule has 0 aromatic carbocycles. The fraction of sp³-hybridized carbons (Fsp3) is 1.00. The molecule has 0 amide bonds. The number of rotatable bonds is 3. The first kappa shape index (κ1) is 16.2. The van der Waals surface area contributed by atoms with Crippen molar-refractivity contribution < 1.29 is 34.7 Å². The predicted octanol–water partition coefficient (Wildman–Crippen LogP) is -1.26. The fourth-order valence-electron chi connectivity index (χ4n) is 0.189. The average molecular weight is 246 g/mol. The Labute approximate surface area is 93.2 Å². The van der Waals surface area contributed by atoms with E-state index in [2.05, 4.69) is 4.18 Å². The summed E-state index contributed by atoms with van der Waals surface area (Å²) < 4.78 is 63.6. The van der Waals surface area contributed by atoms with E-state index in [4.69, 9.17) is 22.1 Å². The van der Waals surface area contributed by atoms with Gasteiger partial charge in [-0.1, -0.05) is 0 Å². The second-order valence-electron chi connectivity index (χ2n) is 1.70. The van der Waals surface area contributed by atoms with Gasteiger partial charge in [-0.2, -0.15) is 8.42 Å². The summed E-state index contributed by atoms with van der Waals surface area (Å²) >= 11 is 0.882. The molecule has 13 heavy (non-hydrogen) atoms. The van der Waals surface area contributed by atoms with Crippen LogP contribution in [0.4, 0.5) is 0 Å². The van der Waals surface area contributed by atoms with E-state index in [9.17, 15) is 8.42 Å². The van der Waals surface area contributed by atoms with Crippen molar-refractivity contribution in [1.82, 2.24) is 0 Å². The van der Waals surface area contributed by atoms with E-state index in [0.29, 0.717) is 3.67 Å². The molecule has 0 saturated carbocycles. The quantitative estimate of drug-likeness (QED) is 0.414. The third-order valence-corrected chi connectivity index (χ3v) is 1.31. The van der Waals surface area contributed by atoms with Crippen molar-refractivity contribution in [2.45, 2.75) is 3.67 Å². The van der Waals surface area contributed by atoms with Crippen LogP contribution in [-0.4, -0.2) is 65.0 Å². The van der Waals surface area contributed by atoms with E-state index in [1.54, 1.807) is 0 Å². The maximum atomic E-state index is 9.74. The summed E-state index contributed by atoms with van der Waals surface area (Å²) in [6, 6.07) is 0. The van der Waals surface area contributed by atoms with Gasteiger partial charge in [0.05, 0.1) is 0 Å². The Hall–Kier alpha value is 0.740. The van der Waals surface area contributed by atoms with Crippen molar-refractivity contribution in [2.24, 2.45) is 0 Å². The van der Waals surface area contributed by atoms with Crippen LogP contribution in [0.2, 0.25) is 3.67 Å². The van der Waals surface area contributed by atoms with E-state index in [0.717, 1.165) is 27.9 Å². The molecule has 0 unspecified atom stereocenters. The van der Waals surface area contributed by atoms with Gasteiger partial charge in [0.2, 0.25) is 0 Å². The Kier molecular flexibility index (Phi) is 8.82. The molecule has 0 bridgehead atoms. The third-order valence-electron chi connectivity index (χ3n) is 0.436. The van der Waals surface area contributed by atoms with Crippen LogP contribution < -0.4 is 0 Å². The van der Waals surface area contributed by atoms with Gasteiger partial charge in [-0.05, 0) is 0 Å². The first-order chi connectivity index (χ1) is 5.56. The van der Waals surface area contributed by atoms with Crippen molar-refractivity contribution in [2.75, 3.05) is 6.61 Å². The van der Waals surface area contributed by atoms with Gasteiger partial charge in [0, 0.05) is 0 Å². The molecule has 0 spiro atoms. The van der Waals surface area contributed by atoms with Crippen LogP contribution >= 0.6 is 0 Å². The van der Waals surface area contributed by atoms with E-state index in [-0.39, 0.29) is 6.61 Å². The standard InChI is InChI=1S/C2H5O4S.Na.H2O4S/c1-2-6-7(3,4)5;;1-5(2,3)4/h1-2H2,(H,3,4,5);;(H2,1,2,3,4). The molecular formula is C2H7NaO8S2. The molecule has 76 valence electrons. The van der Waals surface area contributed by atoms with Gasteiger partial charge in [0.15, 0.2) is 0 Å². The SMILES string of the molecule is O=S(=O)(O)O.O=S(=O)(O)OC[CH2][Na]. The van der Waals surface area contributed by atoms with Gasteiger partial charge in [-0.3, -0.25) is 9.11 Å². The minimum absolute atomic E-state index is 0.102. The molecule has 0 rings (SSSR count). The van der Waals surface area contributed by atoms with Crippen LogP contribution in [0.3, 0.4) is 0 Å². The molecule has 0 aliphatic carbocycles. The number of hydrogen-bond acceptors (Lipinski definition) is 5. The second kappa shape index (κ2) is 7.09. The fourth-order valence-corrected chi connectivity index (χ4v) is 1.07.